The lowest BCUT2D eigenvalue weighted by Crippen LogP contribution is -1.96. The fourth-order valence-electron chi connectivity index (χ4n) is 1.61. The standard InChI is InChI=1S/C11H7BrN4/c12-9-1-2-11-8(3-9)4-15-16(11)10-5-13-7-14-6-10/h1-7H. The van der Waals surface area contributed by atoms with Crippen LogP contribution in [-0.2, 0) is 0 Å². The highest BCUT2D eigenvalue weighted by Crippen LogP contribution is 2.21. The molecule has 0 atom stereocenters. The highest BCUT2D eigenvalue weighted by atomic mass is 79.9. The third-order valence-electron chi connectivity index (χ3n) is 2.32. The fraction of sp³-hybridized carbons (Fsp3) is 0. The molecule has 0 aliphatic carbocycles. The van der Waals surface area contributed by atoms with Crippen LogP contribution in [0.4, 0.5) is 0 Å². The van der Waals surface area contributed by atoms with Crippen LogP contribution >= 0.6 is 15.9 Å². The van der Waals surface area contributed by atoms with Crippen molar-refractivity contribution in [2.24, 2.45) is 0 Å². The molecule has 4 nitrogen and oxygen atoms in total. The zero-order chi connectivity index (χ0) is 11.0. The summed E-state index contributed by atoms with van der Waals surface area (Å²) in [6.07, 6.45) is 6.81. The van der Waals surface area contributed by atoms with E-state index < -0.39 is 0 Å². The molecule has 0 aliphatic rings. The van der Waals surface area contributed by atoms with Gasteiger partial charge < -0.3 is 0 Å². The Hall–Kier alpha value is -1.75. The van der Waals surface area contributed by atoms with Gasteiger partial charge in [-0.3, -0.25) is 0 Å². The molecule has 0 spiro atoms. The lowest BCUT2D eigenvalue weighted by molar-refractivity contribution is 0.891. The number of hydrogen-bond donors (Lipinski definition) is 0. The first-order chi connectivity index (χ1) is 7.84. The zero-order valence-corrected chi connectivity index (χ0v) is 9.79. The Balaban J connectivity index is 2.26. The Morgan fingerprint density at radius 1 is 1.06 bits per heavy atom. The number of hydrogen-bond acceptors (Lipinski definition) is 3. The average Bonchev–Trinajstić information content (AvgIpc) is 2.73. The Labute approximate surface area is 100 Å². The Morgan fingerprint density at radius 3 is 2.69 bits per heavy atom. The molecule has 0 amide bonds. The molecule has 1 aromatic carbocycles. The van der Waals surface area contributed by atoms with E-state index in [-0.39, 0.29) is 0 Å². The van der Waals surface area contributed by atoms with Gasteiger partial charge in [-0.15, -0.1) is 0 Å². The van der Waals surface area contributed by atoms with Gasteiger partial charge in [0, 0.05) is 9.86 Å². The summed E-state index contributed by atoms with van der Waals surface area (Å²) in [6.45, 7) is 0. The predicted octanol–water partition coefficient (Wildman–Crippen LogP) is 2.58. The van der Waals surface area contributed by atoms with E-state index in [4.69, 9.17) is 0 Å². The lowest BCUT2D eigenvalue weighted by Gasteiger charge is -2.01. The van der Waals surface area contributed by atoms with Gasteiger partial charge in [0.25, 0.3) is 0 Å². The van der Waals surface area contributed by atoms with E-state index in [2.05, 4.69) is 31.0 Å². The van der Waals surface area contributed by atoms with E-state index in [0.717, 1.165) is 21.1 Å². The second kappa shape index (κ2) is 3.68. The summed E-state index contributed by atoms with van der Waals surface area (Å²) in [5.74, 6) is 0. The van der Waals surface area contributed by atoms with Crippen LogP contribution in [0.3, 0.4) is 0 Å². The summed E-state index contributed by atoms with van der Waals surface area (Å²) in [6, 6.07) is 6.03. The van der Waals surface area contributed by atoms with Crippen molar-refractivity contribution >= 4 is 26.8 Å². The Kier molecular flexibility index (Phi) is 2.18. The van der Waals surface area contributed by atoms with Crippen LogP contribution in [0.2, 0.25) is 0 Å². The third-order valence-corrected chi connectivity index (χ3v) is 2.81. The van der Waals surface area contributed by atoms with Gasteiger partial charge >= 0.3 is 0 Å². The summed E-state index contributed by atoms with van der Waals surface area (Å²) in [7, 11) is 0. The maximum absolute atomic E-state index is 4.32. The highest BCUT2D eigenvalue weighted by molar-refractivity contribution is 9.10. The van der Waals surface area contributed by atoms with E-state index in [1.807, 2.05) is 29.1 Å². The first-order valence-corrected chi connectivity index (χ1v) is 5.52. The van der Waals surface area contributed by atoms with Gasteiger partial charge in [0.2, 0.25) is 0 Å². The van der Waals surface area contributed by atoms with Gasteiger partial charge in [0.05, 0.1) is 24.1 Å². The predicted molar refractivity (Wildman–Crippen MR) is 64.4 cm³/mol. The molecule has 0 saturated carbocycles. The average molecular weight is 275 g/mol. The maximum atomic E-state index is 4.32. The zero-order valence-electron chi connectivity index (χ0n) is 8.21. The first-order valence-electron chi connectivity index (χ1n) is 4.73. The Bertz CT molecular complexity index is 633. The van der Waals surface area contributed by atoms with E-state index in [1.54, 1.807) is 12.4 Å². The number of aromatic nitrogens is 4. The summed E-state index contributed by atoms with van der Waals surface area (Å²) < 4.78 is 2.87. The van der Waals surface area contributed by atoms with Gasteiger partial charge in [-0.2, -0.15) is 5.10 Å². The van der Waals surface area contributed by atoms with E-state index in [0.29, 0.717) is 0 Å². The van der Waals surface area contributed by atoms with Gasteiger partial charge in [-0.05, 0) is 18.2 Å². The van der Waals surface area contributed by atoms with Crippen LogP contribution in [0.1, 0.15) is 0 Å². The van der Waals surface area contributed by atoms with Crippen molar-refractivity contribution in [3.63, 3.8) is 0 Å². The second-order valence-electron chi connectivity index (χ2n) is 3.36. The topological polar surface area (TPSA) is 43.6 Å². The molecule has 0 saturated heterocycles. The number of benzene rings is 1. The van der Waals surface area contributed by atoms with Crippen molar-refractivity contribution < 1.29 is 0 Å². The third kappa shape index (κ3) is 1.49. The van der Waals surface area contributed by atoms with Gasteiger partial charge in [0.1, 0.15) is 12.0 Å². The molecule has 2 aromatic heterocycles. The fourth-order valence-corrected chi connectivity index (χ4v) is 1.99. The van der Waals surface area contributed by atoms with Gasteiger partial charge in [-0.1, -0.05) is 15.9 Å². The largest absolute Gasteiger partial charge is 0.243 e. The summed E-state index contributed by atoms with van der Waals surface area (Å²) in [4.78, 5) is 7.97. The Morgan fingerprint density at radius 2 is 1.88 bits per heavy atom. The van der Waals surface area contributed by atoms with Crippen molar-refractivity contribution in [3.8, 4) is 5.69 Å². The molecule has 0 unspecified atom stereocenters. The SMILES string of the molecule is Brc1ccc2c(cnn2-c2cncnc2)c1. The van der Waals surface area contributed by atoms with Crippen molar-refractivity contribution in [1.29, 1.82) is 0 Å². The van der Waals surface area contributed by atoms with Crippen LogP contribution < -0.4 is 0 Å². The molecule has 16 heavy (non-hydrogen) atoms. The number of rotatable bonds is 1. The molecule has 0 radical (unpaired) electrons. The molecule has 3 rings (SSSR count). The van der Waals surface area contributed by atoms with Crippen LogP contribution in [0.25, 0.3) is 16.6 Å². The lowest BCUT2D eigenvalue weighted by atomic mass is 10.2. The molecule has 5 heteroatoms. The van der Waals surface area contributed by atoms with Crippen LogP contribution in [0.5, 0.6) is 0 Å². The van der Waals surface area contributed by atoms with E-state index >= 15 is 0 Å². The second-order valence-corrected chi connectivity index (χ2v) is 4.27. The smallest absolute Gasteiger partial charge is 0.115 e. The molecule has 0 bridgehead atoms. The molecule has 2 heterocycles. The van der Waals surface area contributed by atoms with Crippen molar-refractivity contribution in [2.75, 3.05) is 0 Å². The minimum absolute atomic E-state index is 0.861. The monoisotopic (exact) mass is 274 g/mol. The van der Waals surface area contributed by atoms with Crippen LogP contribution in [0.15, 0.2) is 47.6 Å². The molecular weight excluding hydrogens is 268 g/mol. The number of nitrogens with zero attached hydrogens (tertiary/aromatic N) is 4. The van der Waals surface area contributed by atoms with Crippen LogP contribution in [0, 0.1) is 0 Å². The minimum atomic E-state index is 0.861. The summed E-state index contributed by atoms with van der Waals surface area (Å²) in [5.41, 5.74) is 1.90. The number of fused-ring (bicyclic) bond motifs is 1. The van der Waals surface area contributed by atoms with E-state index in [1.165, 1.54) is 6.33 Å². The van der Waals surface area contributed by atoms with Crippen molar-refractivity contribution in [3.05, 3.63) is 47.6 Å². The van der Waals surface area contributed by atoms with Crippen molar-refractivity contribution in [1.82, 2.24) is 19.7 Å². The quantitative estimate of drug-likeness (QED) is 0.685. The molecule has 0 N–H and O–H groups in total. The van der Waals surface area contributed by atoms with E-state index in [9.17, 15) is 0 Å². The van der Waals surface area contributed by atoms with Gasteiger partial charge in [-0.25, -0.2) is 14.6 Å². The normalized spacial score (nSPS) is 10.8. The maximum Gasteiger partial charge on any atom is 0.115 e. The summed E-state index contributed by atoms with van der Waals surface area (Å²) >= 11 is 3.44. The minimum Gasteiger partial charge on any atom is -0.243 e. The molecule has 0 aliphatic heterocycles. The molecular formula is C11H7BrN4. The number of halogens is 1. The molecule has 78 valence electrons. The van der Waals surface area contributed by atoms with Crippen LogP contribution in [-0.4, -0.2) is 19.7 Å². The highest BCUT2D eigenvalue weighted by Gasteiger charge is 2.04. The summed E-state index contributed by atoms with van der Waals surface area (Å²) in [5, 5.41) is 5.40. The van der Waals surface area contributed by atoms with Crippen molar-refractivity contribution in [2.45, 2.75) is 0 Å². The first kappa shape index (κ1) is 9.47. The molecule has 0 fully saturated rings. The van der Waals surface area contributed by atoms with Gasteiger partial charge in [0.15, 0.2) is 0 Å². The molecule has 3 aromatic rings.